The van der Waals surface area contributed by atoms with Crippen LogP contribution in [0.2, 0.25) is 0 Å². The molecule has 0 saturated carbocycles. The summed E-state index contributed by atoms with van der Waals surface area (Å²) in [6, 6.07) is 11.1. The van der Waals surface area contributed by atoms with E-state index in [-0.39, 0.29) is 30.7 Å². The SMILES string of the molecule is O=C(COc1ccc([C@H]2CC(=O)Nc3ncnn32)cc1)Nc1ccc(Br)cc1F. The van der Waals surface area contributed by atoms with Gasteiger partial charge >= 0.3 is 0 Å². The fourth-order valence-electron chi connectivity index (χ4n) is 2.98. The van der Waals surface area contributed by atoms with E-state index in [1.165, 1.54) is 18.5 Å². The predicted molar refractivity (Wildman–Crippen MR) is 106 cm³/mol. The third-order valence-electron chi connectivity index (χ3n) is 4.34. The van der Waals surface area contributed by atoms with E-state index in [2.05, 4.69) is 36.6 Å². The molecule has 2 aromatic carbocycles. The van der Waals surface area contributed by atoms with Gasteiger partial charge in [-0.3, -0.25) is 14.9 Å². The number of carbonyl (C=O) groups excluding carboxylic acids is 2. The average Bonchev–Trinajstić information content (AvgIpc) is 3.17. The summed E-state index contributed by atoms with van der Waals surface area (Å²) in [5.41, 5.74) is 0.941. The average molecular weight is 460 g/mol. The van der Waals surface area contributed by atoms with Crippen LogP contribution >= 0.6 is 15.9 Å². The van der Waals surface area contributed by atoms with Gasteiger partial charge in [0.25, 0.3) is 5.91 Å². The molecule has 148 valence electrons. The smallest absolute Gasteiger partial charge is 0.262 e. The van der Waals surface area contributed by atoms with Crippen molar-refractivity contribution in [2.75, 3.05) is 17.2 Å². The molecule has 0 bridgehead atoms. The molecule has 2 N–H and O–H groups in total. The van der Waals surface area contributed by atoms with Gasteiger partial charge in [0.1, 0.15) is 17.9 Å². The highest BCUT2D eigenvalue weighted by atomic mass is 79.9. The largest absolute Gasteiger partial charge is 0.484 e. The Morgan fingerprint density at radius 1 is 1.31 bits per heavy atom. The van der Waals surface area contributed by atoms with E-state index in [1.54, 1.807) is 35.0 Å². The highest BCUT2D eigenvalue weighted by Gasteiger charge is 2.27. The van der Waals surface area contributed by atoms with Crippen LogP contribution in [0.15, 0.2) is 53.3 Å². The van der Waals surface area contributed by atoms with Crippen molar-refractivity contribution < 1.29 is 18.7 Å². The Kier molecular flexibility index (Phi) is 5.26. The summed E-state index contributed by atoms with van der Waals surface area (Å²) in [5, 5.41) is 9.28. The van der Waals surface area contributed by atoms with Crippen molar-refractivity contribution in [1.29, 1.82) is 0 Å². The Labute approximate surface area is 173 Å². The molecule has 2 amide bonds. The van der Waals surface area contributed by atoms with Gasteiger partial charge < -0.3 is 10.1 Å². The number of rotatable bonds is 5. The Morgan fingerprint density at radius 3 is 2.86 bits per heavy atom. The van der Waals surface area contributed by atoms with Crippen molar-refractivity contribution in [3.8, 4) is 5.75 Å². The maximum Gasteiger partial charge on any atom is 0.262 e. The number of halogens is 2. The van der Waals surface area contributed by atoms with Gasteiger partial charge in [-0.05, 0) is 35.9 Å². The fourth-order valence-corrected chi connectivity index (χ4v) is 3.31. The number of benzene rings is 2. The number of nitrogens with zero attached hydrogens (tertiary/aromatic N) is 3. The number of amides is 2. The molecule has 8 nitrogen and oxygen atoms in total. The summed E-state index contributed by atoms with van der Waals surface area (Å²) < 4.78 is 21.5. The zero-order chi connectivity index (χ0) is 20.4. The van der Waals surface area contributed by atoms with Crippen LogP contribution in [-0.2, 0) is 9.59 Å². The lowest BCUT2D eigenvalue weighted by molar-refractivity contribution is -0.118. The second kappa shape index (κ2) is 8.00. The van der Waals surface area contributed by atoms with E-state index in [1.807, 2.05) is 0 Å². The van der Waals surface area contributed by atoms with Crippen molar-refractivity contribution in [2.24, 2.45) is 0 Å². The maximum atomic E-state index is 13.8. The third kappa shape index (κ3) is 4.27. The highest BCUT2D eigenvalue weighted by Crippen LogP contribution is 2.29. The van der Waals surface area contributed by atoms with Gasteiger partial charge in [-0.1, -0.05) is 28.1 Å². The van der Waals surface area contributed by atoms with Gasteiger partial charge in [-0.2, -0.15) is 10.1 Å². The molecule has 0 unspecified atom stereocenters. The summed E-state index contributed by atoms with van der Waals surface area (Å²) in [7, 11) is 0. The Morgan fingerprint density at radius 2 is 2.10 bits per heavy atom. The molecular formula is C19H15BrFN5O3. The standard InChI is InChI=1S/C19H15BrFN5O3/c20-12-3-6-15(14(21)7-12)24-18(28)9-29-13-4-1-11(2-5-13)16-8-17(27)25-19-22-10-23-26(16)19/h1-7,10,16H,8-9H2,(H,24,28)(H,22,23,25,27)/t16-/m1/s1. The third-order valence-corrected chi connectivity index (χ3v) is 4.83. The summed E-state index contributed by atoms with van der Waals surface area (Å²) in [4.78, 5) is 27.9. The second-order valence-corrected chi connectivity index (χ2v) is 7.24. The van der Waals surface area contributed by atoms with E-state index in [9.17, 15) is 14.0 Å². The lowest BCUT2D eigenvalue weighted by Crippen LogP contribution is -2.29. The van der Waals surface area contributed by atoms with Crippen molar-refractivity contribution in [2.45, 2.75) is 12.5 Å². The minimum atomic E-state index is -0.541. The molecule has 1 aromatic heterocycles. The van der Waals surface area contributed by atoms with Crippen LogP contribution in [0, 0.1) is 5.82 Å². The number of aromatic nitrogens is 3. The van der Waals surface area contributed by atoms with Crippen LogP contribution in [0.3, 0.4) is 0 Å². The molecule has 0 saturated heterocycles. The molecule has 1 atom stereocenters. The Bertz CT molecular complexity index is 1070. The minimum absolute atomic E-state index is 0.0800. The number of hydrogen-bond acceptors (Lipinski definition) is 5. The Hall–Kier alpha value is -3.27. The molecule has 1 aliphatic rings. The highest BCUT2D eigenvalue weighted by molar-refractivity contribution is 9.10. The first-order chi connectivity index (χ1) is 14.0. The van der Waals surface area contributed by atoms with Crippen LogP contribution in [0.4, 0.5) is 16.0 Å². The molecule has 0 radical (unpaired) electrons. The molecule has 1 aliphatic heterocycles. The van der Waals surface area contributed by atoms with Crippen LogP contribution in [0.25, 0.3) is 0 Å². The van der Waals surface area contributed by atoms with E-state index < -0.39 is 11.7 Å². The molecule has 3 aromatic rings. The van der Waals surface area contributed by atoms with Gasteiger partial charge in [0, 0.05) is 4.47 Å². The van der Waals surface area contributed by atoms with Crippen LogP contribution in [0.5, 0.6) is 5.75 Å². The number of anilines is 2. The van der Waals surface area contributed by atoms with Crippen molar-refractivity contribution in [1.82, 2.24) is 14.8 Å². The fraction of sp³-hybridized carbons (Fsp3) is 0.158. The lowest BCUT2D eigenvalue weighted by Gasteiger charge is -2.23. The van der Waals surface area contributed by atoms with Gasteiger partial charge in [-0.15, -0.1) is 0 Å². The molecule has 10 heteroatoms. The Balaban J connectivity index is 1.38. The number of nitrogens with one attached hydrogen (secondary N) is 2. The van der Waals surface area contributed by atoms with Crippen LogP contribution < -0.4 is 15.4 Å². The normalized spacial score (nSPS) is 15.4. The summed E-state index contributed by atoms with van der Waals surface area (Å²) in [6.45, 7) is -0.270. The van der Waals surface area contributed by atoms with Crippen molar-refractivity contribution in [3.05, 3.63) is 64.6 Å². The number of carbonyl (C=O) groups is 2. The zero-order valence-corrected chi connectivity index (χ0v) is 16.5. The van der Waals surface area contributed by atoms with E-state index >= 15 is 0 Å². The first kappa shape index (κ1) is 19.1. The first-order valence-corrected chi connectivity index (χ1v) is 9.46. The van der Waals surface area contributed by atoms with E-state index in [0.717, 1.165) is 5.56 Å². The lowest BCUT2D eigenvalue weighted by atomic mass is 10.0. The minimum Gasteiger partial charge on any atom is -0.484 e. The van der Waals surface area contributed by atoms with Gasteiger partial charge in [0.2, 0.25) is 11.9 Å². The molecule has 29 heavy (non-hydrogen) atoms. The van der Waals surface area contributed by atoms with Gasteiger partial charge in [0.05, 0.1) is 18.2 Å². The summed E-state index contributed by atoms with van der Waals surface area (Å²) in [5.74, 6) is -0.275. The zero-order valence-electron chi connectivity index (χ0n) is 14.9. The van der Waals surface area contributed by atoms with Crippen molar-refractivity contribution in [3.63, 3.8) is 0 Å². The van der Waals surface area contributed by atoms with Crippen molar-refractivity contribution >= 4 is 39.4 Å². The van der Waals surface area contributed by atoms with Crippen LogP contribution in [0.1, 0.15) is 18.0 Å². The summed E-state index contributed by atoms with van der Waals surface area (Å²) >= 11 is 3.16. The maximum absolute atomic E-state index is 13.8. The molecular weight excluding hydrogens is 445 g/mol. The quantitative estimate of drug-likeness (QED) is 0.610. The number of hydrogen-bond donors (Lipinski definition) is 2. The monoisotopic (exact) mass is 459 g/mol. The molecule has 0 aliphatic carbocycles. The van der Waals surface area contributed by atoms with Gasteiger partial charge in [-0.25, -0.2) is 9.07 Å². The van der Waals surface area contributed by atoms with E-state index in [0.29, 0.717) is 16.2 Å². The van der Waals surface area contributed by atoms with Gasteiger partial charge in [0.15, 0.2) is 6.61 Å². The molecule has 0 fully saturated rings. The number of ether oxygens (including phenoxy) is 1. The second-order valence-electron chi connectivity index (χ2n) is 6.33. The number of fused-ring (bicyclic) bond motifs is 1. The first-order valence-electron chi connectivity index (χ1n) is 8.66. The predicted octanol–water partition coefficient (Wildman–Crippen LogP) is 3.13. The summed E-state index contributed by atoms with van der Waals surface area (Å²) in [6.07, 6.45) is 1.63. The molecule has 2 heterocycles. The molecule has 4 rings (SSSR count). The topological polar surface area (TPSA) is 98.1 Å². The van der Waals surface area contributed by atoms with Crippen LogP contribution in [-0.4, -0.2) is 33.2 Å². The van der Waals surface area contributed by atoms with E-state index in [4.69, 9.17) is 4.74 Å². The molecule has 0 spiro atoms.